The maximum Gasteiger partial charge on any atom is 0.252 e. The van der Waals surface area contributed by atoms with Gasteiger partial charge in [-0.05, 0) is 36.3 Å². The van der Waals surface area contributed by atoms with Crippen LogP contribution >= 0.6 is 0 Å². The quantitative estimate of drug-likeness (QED) is 0.605. The molecule has 7 nitrogen and oxygen atoms in total. The number of carbonyl (C=O) groups excluding carboxylic acids is 1. The highest BCUT2D eigenvalue weighted by Crippen LogP contribution is 2.67. The molecular formula is C23H25N5O2. The van der Waals surface area contributed by atoms with Gasteiger partial charge in [0, 0.05) is 37.3 Å². The van der Waals surface area contributed by atoms with Crippen LogP contribution in [0.1, 0.15) is 40.7 Å². The molecule has 3 heterocycles. The molecule has 6 rings (SSSR count). The number of fused-ring (bicyclic) bond motifs is 1. The topological polar surface area (TPSA) is 92.1 Å². The van der Waals surface area contributed by atoms with Crippen LogP contribution in [0, 0.1) is 11.3 Å². The van der Waals surface area contributed by atoms with Crippen LogP contribution in [0.2, 0.25) is 0 Å². The number of aromatic nitrogens is 3. The summed E-state index contributed by atoms with van der Waals surface area (Å²) in [6, 6.07) is 12.6. The number of imidazole rings is 1. The number of hydrogen-bond acceptors (Lipinski definition) is 5. The van der Waals surface area contributed by atoms with Crippen LogP contribution in [0.5, 0.6) is 0 Å². The SMILES string of the molecule is O=C(NC[C@H]1[C@H](c2ccccc2)[C@@]12CNC[C@H]2O)c1cnc2c(c1)ncn2C1CC1. The first-order chi connectivity index (χ1) is 14.7. The molecule has 3 aliphatic rings. The van der Waals surface area contributed by atoms with E-state index >= 15 is 0 Å². The zero-order chi connectivity index (χ0) is 20.3. The lowest BCUT2D eigenvalue weighted by Gasteiger charge is -2.14. The first kappa shape index (κ1) is 18.0. The number of benzene rings is 1. The van der Waals surface area contributed by atoms with E-state index in [0.29, 0.717) is 24.7 Å². The van der Waals surface area contributed by atoms with Crippen molar-refractivity contribution < 1.29 is 9.90 Å². The molecule has 7 heteroatoms. The highest BCUT2D eigenvalue weighted by atomic mass is 16.3. The Hall–Kier alpha value is -2.77. The number of aliphatic hydroxyl groups is 1. The minimum absolute atomic E-state index is 0.139. The normalized spacial score (nSPS) is 30.1. The third kappa shape index (κ3) is 2.69. The summed E-state index contributed by atoms with van der Waals surface area (Å²) in [5.41, 5.74) is 3.17. The molecule has 1 spiro atoms. The second kappa shape index (κ2) is 6.62. The molecule has 3 N–H and O–H groups in total. The standard InChI is InChI=1S/C23H25N5O2/c29-19-11-24-12-23(19)17(20(23)14-4-2-1-3-5-14)10-26-22(30)15-8-18-21(25-9-15)28(13-27-18)16-6-7-16/h1-5,8-9,13,16-17,19-20,24,29H,6-7,10-12H2,(H,26,30)/t17-,19+,20-,23-/m0/s1. The Morgan fingerprint density at radius 3 is 2.83 bits per heavy atom. The minimum atomic E-state index is -0.394. The van der Waals surface area contributed by atoms with E-state index in [1.807, 2.05) is 30.6 Å². The van der Waals surface area contributed by atoms with Gasteiger partial charge in [-0.1, -0.05) is 30.3 Å². The summed E-state index contributed by atoms with van der Waals surface area (Å²) in [5.74, 6) is 0.318. The Balaban J connectivity index is 1.19. The van der Waals surface area contributed by atoms with Crippen LogP contribution in [0.25, 0.3) is 11.2 Å². The molecule has 1 amide bonds. The molecule has 0 unspecified atom stereocenters. The molecule has 154 valence electrons. The Morgan fingerprint density at radius 2 is 2.10 bits per heavy atom. The van der Waals surface area contributed by atoms with Crippen LogP contribution in [0.4, 0.5) is 0 Å². The first-order valence-corrected chi connectivity index (χ1v) is 10.7. The monoisotopic (exact) mass is 403 g/mol. The van der Waals surface area contributed by atoms with Crippen LogP contribution in [0.15, 0.2) is 48.9 Å². The molecular weight excluding hydrogens is 378 g/mol. The highest BCUT2D eigenvalue weighted by molar-refractivity contribution is 5.96. The van der Waals surface area contributed by atoms with Gasteiger partial charge >= 0.3 is 0 Å². The third-order valence-electron chi connectivity index (χ3n) is 7.21. The fraction of sp³-hybridized carbons (Fsp3) is 0.435. The van der Waals surface area contributed by atoms with Crippen molar-refractivity contribution in [3.05, 3.63) is 60.0 Å². The van der Waals surface area contributed by atoms with E-state index < -0.39 is 6.10 Å². The van der Waals surface area contributed by atoms with E-state index in [-0.39, 0.29) is 23.2 Å². The summed E-state index contributed by atoms with van der Waals surface area (Å²) < 4.78 is 2.10. The van der Waals surface area contributed by atoms with Gasteiger partial charge in [-0.3, -0.25) is 4.79 Å². The Labute approximate surface area is 174 Å². The fourth-order valence-electron chi connectivity index (χ4n) is 5.45. The summed E-state index contributed by atoms with van der Waals surface area (Å²) in [4.78, 5) is 21.8. The molecule has 1 aromatic carbocycles. The average molecular weight is 403 g/mol. The molecule has 3 fully saturated rings. The van der Waals surface area contributed by atoms with Crippen molar-refractivity contribution >= 4 is 17.1 Å². The molecule has 0 bridgehead atoms. The molecule has 1 aliphatic heterocycles. The van der Waals surface area contributed by atoms with Crippen molar-refractivity contribution in [1.82, 2.24) is 25.2 Å². The predicted octanol–water partition coefficient (Wildman–Crippen LogP) is 1.86. The van der Waals surface area contributed by atoms with Gasteiger partial charge < -0.3 is 20.3 Å². The van der Waals surface area contributed by atoms with E-state index in [1.165, 1.54) is 18.4 Å². The van der Waals surface area contributed by atoms with Crippen molar-refractivity contribution in [3.63, 3.8) is 0 Å². The van der Waals surface area contributed by atoms with E-state index in [4.69, 9.17) is 0 Å². The zero-order valence-electron chi connectivity index (χ0n) is 16.7. The second-order valence-electron chi connectivity index (χ2n) is 8.91. The Morgan fingerprint density at radius 1 is 1.27 bits per heavy atom. The molecule has 3 aromatic rings. The number of nitrogens with one attached hydrogen (secondary N) is 2. The van der Waals surface area contributed by atoms with Gasteiger partial charge in [0.1, 0.15) is 5.52 Å². The van der Waals surface area contributed by atoms with Crippen molar-refractivity contribution in [2.75, 3.05) is 19.6 Å². The summed E-state index contributed by atoms with van der Waals surface area (Å²) >= 11 is 0. The summed E-state index contributed by atoms with van der Waals surface area (Å²) in [6.45, 7) is 1.92. The molecule has 2 aliphatic carbocycles. The summed E-state index contributed by atoms with van der Waals surface area (Å²) in [7, 11) is 0. The van der Waals surface area contributed by atoms with Gasteiger partial charge in [-0.15, -0.1) is 0 Å². The van der Waals surface area contributed by atoms with Crippen LogP contribution in [-0.4, -0.2) is 51.3 Å². The number of carbonyl (C=O) groups is 1. The summed E-state index contributed by atoms with van der Waals surface area (Å²) in [5, 5.41) is 17.1. The van der Waals surface area contributed by atoms with Crippen molar-refractivity contribution in [1.29, 1.82) is 0 Å². The lowest BCUT2D eigenvalue weighted by Crippen LogP contribution is -2.30. The smallest absolute Gasteiger partial charge is 0.252 e. The number of β-amino-alcohol motifs (C(OH)–C–C–N with tert-alkyl or cyclic N) is 1. The number of hydrogen-bond donors (Lipinski definition) is 3. The van der Waals surface area contributed by atoms with E-state index in [1.54, 1.807) is 6.20 Å². The zero-order valence-corrected chi connectivity index (χ0v) is 16.7. The molecule has 2 saturated carbocycles. The molecule has 4 atom stereocenters. The lowest BCUT2D eigenvalue weighted by atomic mass is 9.95. The van der Waals surface area contributed by atoms with E-state index in [0.717, 1.165) is 17.7 Å². The summed E-state index contributed by atoms with van der Waals surface area (Å²) in [6.07, 6.45) is 5.41. The van der Waals surface area contributed by atoms with Gasteiger partial charge in [0.25, 0.3) is 5.91 Å². The number of rotatable bonds is 5. The molecule has 0 radical (unpaired) electrons. The molecule has 2 aromatic heterocycles. The van der Waals surface area contributed by atoms with Crippen LogP contribution in [0.3, 0.4) is 0 Å². The van der Waals surface area contributed by atoms with Crippen LogP contribution in [-0.2, 0) is 0 Å². The first-order valence-electron chi connectivity index (χ1n) is 10.7. The fourth-order valence-corrected chi connectivity index (χ4v) is 5.45. The second-order valence-corrected chi connectivity index (χ2v) is 8.91. The van der Waals surface area contributed by atoms with Gasteiger partial charge in [-0.25, -0.2) is 9.97 Å². The predicted molar refractivity (Wildman–Crippen MR) is 112 cm³/mol. The maximum absolute atomic E-state index is 12.8. The number of aliphatic hydroxyl groups excluding tert-OH is 1. The Bertz CT molecular complexity index is 1110. The molecule has 30 heavy (non-hydrogen) atoms. The number of pyridine rings is 1. The highest BCUT2D eigenvalue weighted by Gasteiger charge is 2.69. The van der Waals surface area contributed by atoms with Crippen molar-refractivity contribution in [2.45, 2.75) is 30.9 Å². The number of nitrogens with zero attached hydrogens (tertiary/aromatic N) is 3. The van der Waals surface area contributed by atoms with Gasteiger partial charge in [0.05, 0.1) is 18.0 Å². The third-order valence-corrected chi connectivity index (χ3v) is 7.21. The number of amides is 1. The van der Waals surface area contributed by atoms with Gasteiger partial charge in [-0.2, -0.15) is 0 Å². The van der Waals surface area contributed by atoms with Gasteiger partial charge in [0.15, 0.2) is 5.65 Å². The lowest BCUT2D eigenvalue weighted by molar-refractivity contribution is 0.0939. The van der Waals surface area contributed by atoms with Gasteiger partial charge in [0.2, 0.25) is 0 Å². The largest absolute Gasteiger partial charge is 0.391 e. The Kier molecular flexibility index (Phi) is 3.98. The van der Waals surface area contributed by atoms with Crippen molar-refractivity contribution in [3.8, 4) is 0 Å². The maximum atomic E-state index is 12.8. The average Bonchev–Trinajstić information content (AvgIpc) is 3.64. The minimum Gasteiger partial charge on any atom is -0.391 e. The molecule has 1 saturated heterocycles. The van der Waals surface area contributed by atoms with E-state index in [2.05, 4.69) is 37.3 Å². The van der Waals surface area contributed by atoms with Crippen LogP contribution < -0.4 is 10.6 Å². The van der Waals surface area contributed by atoms with E-state index in [9.17, 15) is 9.90 Å². The van der Waals surface area contributed by atoms with Crippen molar-refractivity contribution in [2.24, 2.45) is 11.3 Å².